The van der Waals surface area contributed by atoms with Crippen molar-refractivity contribution in [2.75, 3.05) is 18.9 Å². The van der Waals surface area contributed by atoms with E-state index in [-0.39, 0.29) is 11.4 Å². The maximum atomic E-state index is 14.7. The number of thiazole rings is 1. The number of fused-ring (bicyclic) bond motifs is 2. The van der Waals surface area contributed by atoms with E-state index < -0.39 is 11.6 Å². The van der Waals surface area contributed by atoms with Gasteiger partial charge in [-0.2, -0.15) is 0 Å². The molecule has 29 heavy (non-hydrogen) atoms. The van der Waals surface area contributed by atoms with E-state index in [2.05, 4.69) is 34.2 Å². The third-order valence-electron chi connectivity index (χ3n) is 5.88. The van der Waals surface area contributed by atoms with Crippen LogP contribution in [0.25, 0.3) is 20.4 Å². The smallest absolute Gasteiger partial charge is 0.165 e. The number of likely N-dealkylation sites (tertiary alicyclic amines) is 1. The fraction of sp³-hybridized carbons (Fsp3) is 0.333. The summed E-state index contributed by atoms with van der Waals surface area (Å²) < 4.78 is 30.1. The van der Waals surface area contributed by atoms with Gasteiger partial charge in [0.1, 0.15) is 10.6 Å². The van der Waals surface area contributed by atoms with E-state index in [1.54, 1.807) is 22.9 Å². The van der Waals surface area contributed by atoms with Crippen LogP contribution in [0.3, 0.4) is 0 Å². The van der Waals surface area contributed by atoms with Gasteiger partial charge in [0.25, 0.3) is 0 Å². The molecule has 8 heteroatoms. The Balaban J connectivity index is 1.57. The van der Waals surface area contributed by atoms with E-state index in [9.17, 15) is 8.78 Å². The number of halogens is 2. The molecule has 0 spiro atoms. The van der Waals surface area contributed by atoms with Gasteiger partial charge in [0.2, 0.25) is 0 Å². The van der Waals surface area contributed by atoms with Crippen molar-refractivity contribution in [2.45, 2.75) is 31.7 Å². The van der Waals surface area contributed by atoms with Gasteiger partial charge in [-0.1, -0.05) is 0 Å². The molecule has 1 N–H and O–H groups in total. The molecule has 2 atom stereocenters. The first-order chi connectivity index (χ1) is 14.0. The summed E-state index contributed by atoms with van der Waals surface area (Å²) in [6.45, 7) is 3.33. The number of benzene rings is 1. The third kappa shape index (κ3) is 3.29. The monoisotopic (exact) mass is 430 g/mol. The van der Waals surface area contributed by atoms with Crippen molar-refractivity contribution in [2.24, 2.45) is 0 Å². The van der Waals surface area contributed by atoms with E-state index >= 15 is 0 Å². The van der Waals surface area contributed by atoms with Gasteiger partial charge in [0.15, 0.2) is 5.82 Å². The van der Waals surface area contributed by atoms with Gasteiger partial charge in [-0.15, -0.1) is 22.7 Å². The molecule has 1 saturated heterocycles. The van der Waals surface area contributed by atoms with E-state index in [4.69, 9.17) is 0 Å². The second kappa shape index (κ2) is 7.27. The zero-order valence-corrected chi connectivity index (χ0v) is 17.7. The van der Waals surface area contributed by atoms with Gasteiger partial charge in [0.05, 0.1) is 33.3 Å². The van der Waals surface area contributed by atoms with Crippen LogP contribution in [0, 0.1) is 11.6 Å². The number of nitrogens with one attached hydrogen (secondary N) is 1. The molecule has 0 bridgehead atoms. The van der Waals surface area contributed by atoms with Crippen LogP contribution in [0.4, 0.5) is 20.2 Å². The molecule has 0 aliphatic carbocycles. The zero-order valence-electron chi connectivity index (χ0n) is 16.1. The Labute approximate surface area is 175 Å². The number of aromatic nitrogens is 2. The Bertz CT molecular complexity index is 1200. The summed E-state index contributed by atoms with van der Waals surface area (Å²) in [5, 5.41) is 3.67. The van der Waals surface area contributed by atoms with Crippen molar-refractivity contribution in [3.63, 3.8) is 0 Å². The highest BCUT2D eigenvalue weighted by atomic mass is 32.1. The van der Waals surface area contributed by atoms with Gasteiger partial charge in [0, 0.05) is 22.2 Å². The molecule has 0 saturated carbocycles. The average molecular weight is 431 g/mol. The molecule has 4 nitrogen and oxygen atoms in total. The lowest BCUT2D eigenvalue weighted by Crippen LogP contribution is -2.38. The fourth-order valence-corrected chi connectivity index (χ4v) is 6.02. The number of hydrogen-bond acceptors (Lipinski definition) is 6. The first-order valence-corrected chi connectivity index (χ1v) is 11.3. The number of anilines is 2. The molecule has 1 fully saturated rings. The number of hydrogen-bond donors (Lipinski definition) is 1. The molecule has 4 heterocycles. The Hall–Kier alpha value is -2.16. The van der Waals surface area contributed by atoms with Crippen LogP contribution in [0.5, 0.6) is 0 Å². The van der Waals surface area contributed by atoms with Gasteiger partial charge in [-0.3, -0.25) is 0 Å². The summed E-state index contributed by atoms with van der Waals surface area (Å²) >= 11 is 2.98. The van der Waals surface area contributed by atoms with Crippen LogP contribution in [-0.4, -0.2) is 34.5 Å². The molecule has 1 aliphatic rings. The molecular formula is C21H20F2N4S2. The molecule has 3 aromatic heterocycles. The number of nitrogens with zero attached hydrogens (tertiary/aromatic N) is 3. The van der Waals surface area contributed by atoms with E-state index in [0.29, 0.717) is 22.9 Å². The van der Waals surface area contributed by atoms with Gasteiger partial charge in [-0.05, 0) is 51.6 Å². The summed E-state index contributed by atoms with van der Waals surface area (Å²) in [6, 6.07) is 5.50. The van der Waals surface area contributed by atoms with Crippen LogP contribution in [0.2, 0.25) is 0 Å². The van der Waals surface area contributed by atoms with Crippen molar-refractivity contribution in [3.8, 4) is 0 Å². The number of piperidine rings is 1. The predicted octanol–water partition coefficient (Wildman–Crippen LogP) is 6.13. The highest BCUT2D eigenvalue weighted by Crippen LogP contribution is 2.41. The molecule has 0 radical (unpaired) electrons. The Morgan fingerprint density at radius 3 is 2.90 bits per heavy atom. The quantitative estimate of drug-likeness (QED) is 0.425. The SMILES string of the molecule is C[C@@H]1[C@@H](c2cc3c(Nc4cc5ncsc5cc4F)c(F)cnc3s2)CCCN1C. The minimum absolute atomic E-state index is 0.216. The predicted molar refractivity (Wildman–Crippen MR) is 117 cm³/mol. The summed E-state index contributed by atoms with van der Waals surface area (Å²) in [5.41, 5.74) is 2.85. The van der Waals surface area contributed by atoms with Crippen LogP contribution in [-0.2, 0) is 0 Å². The first-order valence-electron chi connectivity index (χ1n) is 9.59. The summed E-state index contributed by atoms with van der Waals surface area (Å²) in [4.78, 5) is 12.9. The number of thiophene rings is 1. The maximum Gasteiger partial charge on any atom is 0.165 e. The van der Waals surface area contributed by atoms with Crippen LogP contribution in [0.1, 0.15) is 30.6 Å². The first kappa shape index (κ1) is 18.8. The molecule has 0 unspecified atom stereocenters. The number of pyridine rings is 1. The topological polar surface area (TPSA) is 41.1 Å². The van der Waals surface area contributed by atoms with Crippen LogP contribution >= 0.6 is 22.7 Å². The lowest BCUT2D eigenvalue weighted by Gasteiger charge is -2.36. The van der Waals surface area contributed by atoms with Crippen LogP contribution in [0.15, 0.2) is 29.9 Å². The third-order valence-corrected chi connectivity index (χ3v) is 7.85. The van der Waals surface area contributed by atoms with Crippen molar-refractivity contribution in [1.29, 1.82) is 0 Å². The number of likely N-dealkylation sites (N-methyl/N-ethyl adjacent to an activating group) is 1. The highest BCUT2D eigenvalue weighted by Gasteiger charge is 2.29. The summed E-state index contributed by atoms with van der Waals surface area (Å²) in [7, 11) is 2.15. The van der Waals surface area contributed by atoms with Crippen molar-refractivity contribution in [3.05, 3.63) is 46.4 Å². The zero-order chi connectivity index (χ0) is 20.1. The molecule has 5 rings (SSSR count). The van der Waals surface area contributed by atoms with Crippen molar-refractivity contribution >= 4 is 54.5 Å². The molecule has 1 aromatic carbocycles. The highest BCUT2D eigenvalue weighted by molar-refractivity contribution is 7.18. The maximum absolute atomic E-state index is 14.7. The summed E-state index contributed by atoms with van der Waals surface area (Å²) in [5.74, 6) is -0.524. The Morgan fingerprint density at radius 2 is 2.03 bits per heavy atom. The van der Waals surface area contributed by atoms with Crippen molar-refractivity contribution in [1.82, 2.24) is 14.9 Å². The molecular weight excluding hydrogens is 410 g/mol. The average Bonchev–Trinajstić information content (AvgIpc) is 3.33. The molecule has 150 valence electrons. The lowest BCUT2D eigenvalue weighted by atomic mass is 9.89. The second-order valence-electron chi connectivity index (χ2n) is 7.60. The van der Waals surface area contributed by atoms with Crippen LogP contribution < -0.4 is 5.32 Å². The minimum atomic E-state index is -0.492. The van der Waals surface area contributed by atoms with Gasteiger partial charge >= 0.3 is 0 Å². The van der Waals surface area contributed by atoms with E-state index in [1.165, 1.54) is 28.5 Å². The molecule has 0 amide bonds. The Morgan fingerprint density at radius 1 is 1.17 bits per heavy atom. The van der Waals surface area contributed by atoms with Gasteiger partial charge in [-0.25, -0.2) is 18.7 Å². The second-order valence-corrected chi connectivity index (χ2v) is 9.54. The Kier molecular flexibility index (Phi) is 4.72. The standard InChI is InChI=1S/C21H20F2N4S2/c1-11-12(4-3-5-27(11)2)18-6-13-20(15(23)9-24-21(13)29-18)26-16-8-17-19(7-14(16)22)28-10-25-17/h6-12H,3-5H2,1-2H3,(H,24,26)/t11-,12+/m1/s1. The molecule has 4 aromatic rings. The molecule has 1 aliphatic heterocycles. The van der Waals surface area contributed by atoms with Crippen molar-refractivity contribution < 1.29 is 8.78 Å². The lowest BCUT2D eigenvalue weighted by molar-refractivity contribution is 0.176. The van der Waals surface area contributed by atoms with E-state index in [1.807, 2.05) is 6.07 Å². The summed E-state index contributed by atoms with van der Waals surface area (Å²) in [6.07, 6.45) is 3.46. The minimum Gasteiger partial charge on any atom is -0.350 e. The van der Waals surface area contributed by atoms with E-state index in [0.717, 1.165) is 28.9 Å². The normalized spacial score (nSPS) is 20.6. The van der Waals surface area contributed by atoms with Gasteiger partial charge < -0.3 is 10.2 Å². The number of rotatable bonds is 3. The largest absolute Gasteiger partial charge is 0.350 e. The fourth-order valence-electron chi connectivity index (χ4n) is 4.10.